The molecule has 6 nitrogen and oxygen atoms in total. The van der Waals surface area contributed by atoms with Crippen LogP contribution in [0.1, 0.15) is 23.0 Å². The van der Waals surface area contributed by atoms with Gasteiger partial charge in [-0.3, -0.25) is 9.48 Å². The second kappa shape index (κ2) is 7.21. The molecule has 4 rings (SSSR count). The van der Waals surface area contributed by atoms with E-state index in [0.29, 0.717) is 12.1 Å². The predicted octanol–water partition coefficient (Wildman–Crippen LogP) is 3.99. The second-order valence-corrected chi connectivity index (χ2v) is 10.5. The zero-order valence-corrected chi connectivity index (χ0v) is 17.4. The maximum Gasteiger partial charge on any atom is 0.276 e. The van der Waals surface area contributed by atoms with Gasteiger partial charge in [0.2, 0.25) is 0 Å². The van der Waals surface area contributed by atoms with Crippen LogP contribution in [0.4, 0.5) is 5.69 Å². The van der Waals surface area contributed by atoms with Crippen molar-refractivity contribution in [2.75, 3.05) is 16.8 Å². The molecule has 0 radical (unpaired) electrons. The Morgan fingerprint density at radius 2 is 2.11 bits per heavy atom. The summed E-state index contributed by atoms with van der Waals surface area (Å²) in [5, 5.41) is 9.24. The van der Waals surface area contributed by atoms with Gasteiger partial charge in [0.25, 0.3) is 5.91 Å². The van der Waals surface area contributed by atoms with Crippen LogP contribution in [0.2, 0.25) is 0 Å². The van der Waals surface area contributed by atoms with Crippen molar-refractivity contribution in [2.45, 2.75) is 12.5 Å². The number of anilines is 1. The van der Waals surface area contributed by atoms with Gasteiger partial charge in [-0.25, -0.2) is 8.42 Å². The molecule has 27 heavy (non-hydrogen) atoms. The van der Waals surface area contributed by atoms with Crippen molar-refractivity contribution in [3.63, 3.8) is 0 Å². The summed E-state index contributed by atoms with van der Waals surface area (Å²) < 4.78 is 26.4. The van der Waals surface area contributed by atoms with E-state index in [1.54, 1.807) is 22.9 Å². The Morgan fingerprint density at radius 1 is 1.26 bits per heavy atom. The summed E-state index contributed by atoms with van der Waals surface area (Å²) in [6.45, 7) is 0. The Kier molecular flexibility index (Phi) is 4.92. The van der Waals surface area contributed by atoms with Gasteiger partial charge in [-0.2, -0.15) is 5.10 Å². The summed E-state index contributed by atoms with van der Waals surface area (Å²) in [7, 11) is -3.06. The highest BCUT2D eigenvalue weighted by Crippen LogP contribution is 2.32. The van der Waals surface area contributed by atoms with Crippen LogP contribution >= 0.6 is 27.3 Å². The third-order valence-corrected chi connectivity index (χ3v) is 7.51. The highest BCUT2D eigenvalue weighted by Gasteiger charge is 2.32. The molecular formula is C18H16BrN3O3S2. The number of hydrogen-bond acceptors (Lipinski definition) is 5. The highest BCUT2D eigenvalue weighted by molar-refractivity contribution is 9.10. The summed E-state index contributed by atoms with van der Waals surface area (Å²) in [6, 6.07) is 12.6. The normalized spacial score (nSPS) is 18.5. The number of hydrogen-bond donors (Lipinski definition) is 1. The summed E-state index contributed by atoms with van der Waals surface area (Å²) in [5.41, 5.74) is 1.69. The molecule has 1 atom stereocenters. The molecular weight excluding hydrogens is 450 g/mol. The lowest BCUT2D eigenvalue weighted by atomic mass is 10.2. The van der Waals surface area contributed by atoms with Crippen LogP contribution < -0.4 is 5.32 Å². The molecule has 1 fully saturated rings. The minimum Gasteiger partial charge on any atom is -0.321 e. The van der Waals surface area contributed by atoms with Crippen molar-refractivity contribution in [3.05, 3.63) is 58.0 Å². The Morgan fingerprint density at radius 3 is 2.78 bits per heavy atom. The number of benzene rings is 1. The molecule has 140 valence electrons. The van der Waals surface area contributed by atoms with Gasteiger partial charge in [0.05, 0.1) is 28.1 Å². The SMILES string of the molecule is O=C(Nc1cccc(Br)c1)c1cc(-c2cccs2)n([C@H]2CCS(=O)(=O)C2)n1. The molecule has 3 aromatic rings. The van der Waals surface area contributed by atoms with Crippen LogP contribution in [0.25, 0.3) is 10.6 Å². The molecule has 0 saturated carbocycles. The molecule has 9 heteroatoms. The van der Waals surface area contributed by atoms with Crippen LogP contribution in [-0.2, 0) is 9.84 Å². The quantitative estimate of drug-likeness (QED) is 0.631. The summed E-state index contributed by atoms with van der Waals surface area (Å²) in [6.07, 6.45) is 0.509. The van der Waals surface area contributed by atoms with Gasteiger partial charge < -0.3 is 5.32 Å². The Balaban J connectivity index is 1.68. The van der Waals surface area contributed by atoms with E-state index in [-0.39, 0.29) is 29.1 Å². The fourth-order valence-corrected chi connectivity index (χ4v) is 5.95. The first kappa shape index (κ1) is 18.4. The topological polar surface area (TPSA) is 81.1 Å². The molecule has 1 aliphatic heterocycles. The highest BCUT2D eigenvalue weighted by atomic mass is 79.9. The molecule has 3 heterocycles. The Hall–Kier alpha value is -1.97. The van der Waals surface area contributed by atoms with Crippen LogP contribution in [0.15, 0.2) is 52.3 Å². The van der Waals surface area contributed by atoms with Gasteiger partial charge in [0, 0.05) is 10.2 Å². The van der Waals surface area contributed by atoms with E-state index < -0.39 is 9.84 Å². The third kappa shape index (κ3) is 3.99. The number of rotatable bonds is 4. The number of nitrogens with zero attached hydrogens (tertiary/aromatic N) is 2. The lowest BCUT2D eigenvalue weighted by Crippen LogP contribution is -2.16. The van der Waals surface area contributed by atoms with E-state index in [1.807, 2.05) is 29.6 Å². The Bertz CT molecular complexity index is 1090. The van der Waals surface area contributed by atoms with Crippen molar-refractivity contribution in [1.82, 2.24) is 9.78 Å². The zero-order chi connectivity index (χ0) is 19.0. The van der Waals surface area contributed by atoms with Gasteiger partial charge in [0.15, 0.2) is 15.5 Å². The first-order valence-electron chi connectivity index (χ1n) is 8.32. The standard InChI is InChI=1S/C18H16BrN3O3S2/c19-12-3-1-4-13(9-12)20-18(23)15-10-16(17-5-2-7-26-17)22(21-15)14-6-8-27(24,25)11-14/h1-5,7,9-10,14H,6,8,11H2,(H,20,23)/t14-/m0/s1. The van der Waals surface area contributed by atoms with E-state index in [4.69, 9.17) is 0 Å². The molecule has 1 N–H and O–H groups in total. The number of aromatic nitrogens is 2. The van der Waals surface area contributed by atoms with Gasteiger partial charge in [-0.15, -0.1) is 11.3 Å². The molecule has 0 spiro atoms. The van der Waals surface area contributed by atoms with Crippen LogP contribution in [-0.4, -0.2) is 35.6 Å². The molecule has 0 aliphatic carbocycles. The molecule has 1 aliphatic rings. The molecule has 0 unspecified atom stereocenters. The monoisotopic (exact) mass is 465 g/mol. The minimum atomic E-state index is -3.06. The second-order valence-electron chi connectivity index (χ2n) is 6.36. The zero-order valence-electron chi connectivity index (χ0n) is 14.1. The van der Waals surface area contributed by atoms with Gasteiger partial charge in [-0.05, 0) is 42.1 Å². The van der Waals surface area contributed by atoms with Crippen molar-refractivity contribution in [2.24, 2.45) is 0 Å². The van der Waals surface area contributed by atoms with E-state index in [2.05, 4.69) is 26.3 Å². The fourth-order valence-electron chi connectivity index (χ4n) is 3.12. The number of carbonyl (C=O) groups excluding carboxylic acids is 1. The van der Waals surface area contributed by atoms with Crippen LogP contribution in [0.3, 0.4) is 0 Å². The maximum atomic E-state index is 12.7. The van der Waals surface area contributed by atoms with Crippen molar-refractivity contribution < 1.29 is 13.2 Å². The van der Waals surface area contributed by atoms with Crippen molar-refractivity contribution >= 4 is 48.7 Å². The van der Waals surface area contributed by atoms with Gasteiger partial charge in [0.1, 0.15) is 0 Å². The predicted molar refractivity (Wildman–Crippen MR) is 110 cm³/mol. The maximum absolute atomic E-state index is 12.7. The number of sulfone groups is 1. The average Bonchev–Trinajstić information content (AvgIpc) is 3.32. The molecule has 1 aromatic carbocycles. The fraction of sp³-hybridized carbons (Fsp3) is 0.222. The smallest absolute Gasteiger partial charge is 0.276 e. The van der Waals surface area contributed by atoms with Gasteiger partial charge >= 0.3 is 0 Å². The average molecular weight is 466 g/mol. The number of halogens is 1. The van der Waals surface area contributed by atoms with E-state index in [0.717, 1.165) is 15.0 Å². The largest absolute Gasteiger partial charge is 0.321 e. The lowest BCUT2D eigenvalue weighted by Gasteiger charge is -2.12. The Labute approximate surface area is 169 Å². The summed E-state index contributed by atoms with van der Waals surface area (Å²) >= 11 is 4.91. The van der Waals surface area contributed by atoms with Crippen molar-refractivity contribution in [1.29, 1.82) is 0 Å². The van der Waals surface area contributed by atoms with E-state index in [1.165, 1.54) is 11.3 Å². The number of amides is 1. The number of nitrogens with one attached hydrogen (secondary N) is 1. The van der Waals surface area contributed by atoms with Gasteiger partial charge in [-0.1, -0.05) is 28.1 Å². The number of thiophene rings is 1. The summed E-state index contributed by atoms with van der Waals surface area (Å²) in [5.74, 6) is -0.119. The molecule has 0 bridgehead atoms. The minimum absolute atomic E-state index is 0.0553. The van der Waals surface area contributed by atoms with Crippen molar-refractivity contribution in [3.8, 4) is 10.6 Å². The number of carbonyl (C=O) groups is 1. The van der Waals surface area contributed by atoms with E-state index >= 15 is 0 Å². The lowest BCUT2D eigenvalue weighted by molar-refractivity contribution is 0.102. The van der Waals surface area contributed by atoms with E-state index in [9.17, 15) is 13.2 Å². The molecule has 1 amide bonds. The first-order chi connectivity index (χ1) is 12.9. The first-order valence-corrected chi connectivity index (χ1v) is 11.8. The molecule has 1 saturated heterocycles. The third-order valence-electron chi connectivity index (χ3n) is 4.38. The molecule has 2 aromatic heterocycles. The van der Waals surface area contributed by atoms with Crippen LogP contribution in [0.5, 0.6) is 0 Å². The summed E-state index contributed by atoms with van der Waals surface area (Å²) in [4.78, 5) is 13.6. The van der Waals surface area contributed by atoms with Crippen LogP contribution in [0, 0.1) is 0 Å².